The number of rotatable bonds is 10. The maximum Gasteiger partial charge on any atom is 0.203 e. The third-order valence-electron chi connectivity index (χ3n) is 5.56. The highest BCUT2D eigenvalue weighted by molar-refractivity contribution is 5.75. The number of aldehydes is 1. The lowest BCUT2D eigenvalue weighted by Gasteiger charge is -2.27. The molecular weight excluding hydrogens is 476 g/mol. The zero-order chi connectivity index (χ0) is 27.6. The Morgan fingerprint density at radius 2 is 1.59 bits per heavy atom. The molecule has 0 amide bonds. The molecular formula is C28H40N2O7. The molecule has 0 bridgehead atoms. The Morgan fingerprint density at radius 1 is 0.973 bits per heavy atom. The number of carbonyl (C=O) groups is 1. The highest BCUT2D eigenvalue weighted by Gasteiger charge is 2.21. The van der Waals surface area contributed by atoms with Gasteiger partial charge in [0.1, 0.15) is 12.0 Å². The highest BCUT2D eigenvalue weighted by atomic mass is 16.5. The van der Waals surface area contributed by atoms with Gasteiger partial charge in [0, 0.05) is 26.5 Å². The summed E-state index contributed by atoms with van der Waals surface area (Å²) in [5.41, 5.74) is 10.0. The third-order valence-corrected chi connectivity index (χ3v) is 5.56. The number of benzene rings is 2. The fourth-order valence-corrected chi connectivity index (χ4v) is 3.72. The van der Waals surface area contributed by atoms with Crippen LogP contribution in [-0.4, -0.2) is 60.2 Å². The van der Waals surface area contributed by atoms with Crippen LogP contribution in [0.1, 0.15) is 30.4 Å². The Bertz CT molecular complexity index is 979. The van der Waals surface area contributed by atoms with Crippen molar-refractivity contribution in [2.24, 2.45) is 5.73 Å². The van der Waals surface area contributed by atoms with Gasteiger partial charge in [0.25, 0.3) is 0 Å². The van der Waals surface area contributed by atoms with Crippen molar-refractivity contribution < 1.29 is 33.6 Å². The van der Waals surface area contributed by atoms with Crippen LogP contribution in [0, 0.1) is 0 Å². The van der Waals surface area contributed by atoms with Crippen LogP contribution in [0.25, 0.3) is 6.08 Å². The number of nitrogens with two attached hydrogens (primary N) is 1. The summed E-state index contributed by atoms with van der Waals surface area (Å²) in [7, 11) is 9.04. The van der Waals surface area contributed by atoms with Crippen molar-refractivity contribution in [3.8, 4) is 23.0 Å². The number of aliphatic hydroxyl groups is 1. The van der Waals surface area contributed by atoms with Crippen LogP contribution in [0.5, 0.6) is 23.0 Å². The molecule has 0 aromatic heterocycles. The van der Waals surface area contributed by atoms with Gasteiger partial charge in [-0.1, -0.05) is 18.2 Å². The molecule has 0 spiro atoms. The predicted molar refractivity (Wildman–Crippen MR) is 145 cm³/mol. The average Bonchev–Trinajstić information content (AvgIpc) is 2.96. The lowest BCUT2D eigenvalue weighted by atomic mass is 9.98. The highest BCUT2D eigenvalue weighted by Crippen LogP contribution is 2.38. The smallest absolute Gasteiger partial charge is 0.203 e. The topological polar surface area (TPSA) is 122 Å². The van der Waals surface area contributed by atoms with Crippen LogP contribution in [0.3, 0.4) is 0 Å². The summed E-state index contributed by atoms with van der Waals surface area (Å²) in [5.74, 6) is 2.53. The largest absolute Gasteiger partial charge is 0.497 e. The molecule has 1 unspecified atom stereocenters. The number of carbonyl (C=O) groups excluding carboxylic acids is 1. The van der Waals surface area contributed by atoms with Crippen LogP contribution in [0.15, 0.2) is 53.9 Å². The Balaban J connectivity index is 0.000000352. The molecule has 2 aromatic carbocycles. The van der Waals surface area contributed by atoms with Gasteiger partial charge in [0.2, 0.25) is 5.75 Å². The molecule has 2 aromatic rings. The van der Waals surface area contributed by atoms with Gasteiger partial charge in [-0.25, -0.2) is 0 Å². The second-order valence-electron chi connectivity index (χ2n) is 7.71. The van der Waals surface area contributed by atoms with Gasteiger partial charge < -0.3 is 39.8 Å². The van der Waals surface area contributed by atoms with Crippen molar-refractivity contribution in [2.45, 2.75) is 31.9 Å². The van der Waals surface area contributed by atoms with Crippen LogP contribution in [0.2, 0.25) is 0 Å². The number of hydrogen-bond acceptors (Lipinski definition) is 9. The SMILES string of the molecule is CO.COc1cc(/C=C/C=O)cc(OC)c1OC.COc1ccc(CNC2=C(N)CCCC2OC)cc1. The summed E-state index contributed by atoms with van der Waals surface area (Å²) in [5, 5.41) is 10.4. The molecule has 1 aliphatic carbocycles. The lowest BCUT2D eigenvalue weighted by Crippen LogP contribution is -2.32. The van der Waals surface area contributed by atoms with Crippen molar-refractivity contribution in [3.05, 3.63) is 65.0 Å². The Morgan fingerprint density at radius 3 is 2.08 bits per heavy atom. The van der Waals surface area contributed by atoms with E-state index in [0.29, 0.717) is 23.5 Å². The fourth-order valence-electron chi connectivity index (χ4n) is 3.72. The molecule has 0 saturated heterocycles. The van der Waals surface area contributed by atoms with E-state index >= 15 is 0 Å². The monoisotopic (exact) mass is 516 g/mol. The summed E-state index contributed by atoms with van der Waals surface area (Å²) in [6.45, 7) is 0.750. The van der Waals surface area contributed by atoms with Crippen molar-refractivity contribution in [2.75, 3.05) is 42.7 Å². The second-order valence-corrected chi connectivity index (χ2v) is 7.71. The standard InChI is InChI=1S/C15H22N2O2.C12H14O4.CH4O/c1-18-12-8-6-11(7-9-12)10-17-15-13(16)4-3-5-14(15)19-2;1-14-10-7-9(5-4-6-13)8-11(15-2)12(10)16-3;1-2/h6-9,14,17H,3-5,10,16H2,1-2H3;4-8H,1-3H3;2H,1H3/b;5-4+;. The van der Waals surface area contributed by atoms with Crippen LogP contribution >= 0.6 is 0 Å². The zero-order valence-corrected chi connectivity index (χ0v) is 22.6. The number of hydrogen-bond donors (Lipinski definition) is 3. The van der Waals surface area contributed by atoms with E-state index in [2.05, 4.69) is 5.32 Å². The number of ether oxygens (including phenoxy) is 5. The predicted octanol–water partition coefficient (Wildman–Crippen LogP) is 3.69. The van der Waals surface area contributed by atoms with E-state index in [4.69, 9.17) is 34.5 Å². The van der Waals surface area contributed by atoms with E-state index < -0.39 is 0 Å². The average molecular weight is 517 g/mol. The summed E-state index contributed by atoms with van der Waals surface area (Å²) >= 11 is 0. The van der Waals surface area contributed by atoms with Gasteiger partial charge in [-0.05, 0) is 60.7 Å². The molecule has 37 heavy (non-hydrogen) atoms. The summed E-state index contributed by atoms with van der Waals surface area (Å²) in [4.78, 5) is 10.2. The molecule has 0 aliphatic heterocycles. The minimum Gasteiger partial charge on any atom is -0.497 e. The first kappa shape index (κ1) is 31.3. The van der Waals surface area contributed by atoms with E-state index in [0.717, 1.165) is 55.6 Å². The number of aliphatic hydroxyl groups excluding tert-OH is 1. The zero-order valence-electron chi connectivity index (χ0n) is 22.6. The maximum absolute atomic E-state index is 10.2. The molecule has 0 fully saturated rings. The summed E-state index contributed by atoms with van der Waals surface area (Å²) in [6.07, 6.45) is 6.96. The van der Waals surface area contributed by atoms with E-state index in [1.165, 1.54) is 11.6 Å². The quantitative estimate of drug-likeness (QED) is 0.321. The molecule has 204 valence electrons. The van der Waals surface area contributed by atoms with Crippen LogP contribution in [-0.2, 0) is 16.1 Å². The molecule has 1 aliphatic rings. The first-order valence-electron chi connectivity index (χ1n) is 11.8. The summed E-state index contributed by atoms with van der Waals surface area (Å²) < 4.78 is 26.1. The van der Waals surface area contributed by atoms with Crippen molar-refractivity contribution >= 4 is 12.4 Å². The Hall–Kier alpha value is -3.69. The first-order chi connectivity index (χ1) is 18.0. The number of nitrogens with one attached hydrogen (secondary N) is 1. The van der Waals surface area contributed by atoms with Gasteiger partial charge in [0.05, 0.1) is 40.2 Å². The van der Waals surface area contributed by atoms with E-state index in [9.17, 15) is 4.79 Å². The lowest BCUT2D eigenvalue weighted by molar-refractivity contribution is -0.104. The molecule has 3 rings (SSSR count). The number of allylic oxidation sites excluding steroid dienone is 2. The molecule has 0 heterocycles. The van der Waals surface area contributed by atoms with Crippen molar-refractivity contribution in [3.63, 3.8) is 0 Å². The van der Waals surface area contributed by atoms with Crippen molar-refractivity contribution in [1.82, 2.24) is 5.32 Å². The first-order valence-corrected chi connectivity index (χ1v) is 11.8. The Labute approximate surface area is 219 Å². The molecule has 4 N–H and O–H groups in total. The molecule has 1 atom stereocenters. The fraction of sp³-hybridized carbons (Fsp3) is 0.393. The summed E-state index contributed by atoms with van der Waals surface area (Å²) in [6, 6.07) is 11.6. The second kappa shape index (κ2) is 17.7. The molecule has 9 nitrogen and oxygen atoms in total. The number of methoxy groups -OCH3 is 5. The minimum atomic E-state index is 0.104. The molecule has 9 heteroatoms. The van der Waals surface area contributed by atoms with Gasteiger partial charge in [-0.2, -0.15) is 0 Å². The van der Waals surface area contributed by atoms with Crippen LogP contribution < -0.4 is 30.0 Å². The van der Waals surface area contributed by atoms with E-state index in [1.54, 1.807) is 53.8 Å². The van der Waals surface area contributed by atoms with E-state index in [1.807, 2.05) is 24.3 Å². The van der Waals surface area contributed by atoms with E-state index in [-0.39, 0.29) is 6.10 Å². The third kappa shape index (κ3) is 9.70. The molecule has 0 radical (unpaired) electrons. The van der Waals surface area contributed by atoms with Gasteiger partial charge in [0.15, 0.2) is 11.5 Å². The Kier molecular flexibility index (Phi) is 15.0. The minimum absolute atomic E-state index is 0.104. The van der Waals surface area contributed by atoms with Gasteiger partial charge in [-0.15, -0.1) is 0 Å². The van der Waals surface area contributed by atoms with Gasteiger partial charge in [-0.3, -0.25) is 4.79 Å². The van der Waals surface area contributed by atoms with Gasteiger partial charge >= 0.3 is 0 Å². The normalized spacial score (nSPS) is 14.5. The van der Waals surface area contributed by atoms with Crippen molar-refractivity contribution in [1.29, 1.82) is 0 Å². The maximum atomic E-state index is 10.2. The molecule has 0 saturated carbocycles. The van der Waals surface area contributed by atoms with Crippen LogP contribution in [0.4, 0.5) is 0 Å².